The van der Waals surface area contributed by atoms with Crippen molar-refractivity contribution in [2.45, 2.75) is 76.2 Å². The van der Waals surface area contributed by atoms with Gasteiger partial charge in [-0.25, -0.2) is 4.79 Å². The highest BCUT2D eigenvalue weighted by molar-refractivity contribution is 6.00. The molecule has 0 bridgehead atoms. The molecule has 0 aromatic rings. The minimum Gasteiger partial charge on any atom is -0.444 e. The van der Waals surface area contributed by atoms with E-state index in [2.05, 4.69) is 20.9 Å². The smallest absolute Gasteiger partial charge is 0.410 e. The van der Waals surface area contributed by atoms with Crippen LogP contribution in [0.1, 0.15) is 46.5 Å². The fourth-order valence-corrected chi connectivity index (χ4v) is 4.40. The molecule has 0 aromatic heterocycles. The molecule has 4 aliphatic heterocycles. The third kappa shape index (κ3) is 6.98. The molecule has 0 saturated carbocycles. The summed E-state index contributed by atoms with van der Waals surface area (Å²) in [6.07, 6.45) is 1.68. The van der Waals surface area contributed by atoms with Crippen molar-refractivity contribution in [3.05, 3.63) is 0 Å². The monoisotopic (exact) mass is 494 g/mol. The molecule has 4 rings (SSSR count). The van der Waals surface area contributed by atoms with Crippen molar-refractivity contribution in [3.63, 3.8) is 0 Å². The Bertz CT molecular complexity index is 848. The molecule has 4 fully saturated rings. The van der Waals surface area contributed by atoms with Crippen molar-refractivity contribution in [1.29, 1.82) is 0 Å². The van der Waals surface area contributed by atoms with Gasteiger partial charge in [0.15, 0.2) is 0 Å². The van der Waals surface area contributed by atoms with E-state index in [9.17, 15) is 24.0 Å². The van der Waals surface area contributed by atoms with Crippen LogP contribution in [0, 0.1) is 0 Å². The van der Waals surface area contributed by atoms with Crippen LogP contribution in [0.3, 0.4) is 0 Å². The Morgan fingerprint density at radius 1 is 0.857 bits per heavy atom. The van der Waals surface area contributed by atoms with E-state index < -0.39 is 5.60 Å². The lowest BCUT2D eigenvalue weighted by Gasteiger charge is -2.46. The lowest BCUT2D eigenvalue weighted by atomic mass is 10.00. The number of nitrogens with zero attached hydrogens (tertiary/aromatic N) is 3. The number of likely N-dealkylation sites (N-methyl/N-ethyl adjacent to an activating group) is 2. The summed E-state index contributed by atoms with van der Waals surface area (Å²) in [5.74, 6) is -0.750. The zero-order valence-electron chi connectivity index (χ0n) is 21.3. The van der Waals surface area contributed by atoms with Crippen LogP contribution in [0.15, 0.2) is 0 Å². The molecule has 5 amide bonds. The van der Waals surface area contributed by atoms with Crippen molar-refractivity contribution in [3.8, 4) is 0 Å². The predicted molar refractivity (Wildman–Crippen MR) is 126 cm³/mol. The Morgan fingerprint density at radius 2 is 1.31 bits per heavy atom. The number of carbonyl (C=O) groups excluding carboxylic acids is 5. The Labute approximate surface area is 206 Å². The lowest BCUT2D eigenvalue weighted by Crippen LogP contribution is -2.65. The fourth-order valence-electron chi connectivity index (χ4n) is 4.40. The van der Waals surface area contributed by atoms with Crippen LogP contribution in [-0.4, -0.2) is 114 Å². The molecule has 2 unspecified atom stereocenters. The molecule has 3 N–H and O–H groups in total. The Kier molecular flexibility index (Phi) is 8.50. The van der Waals surface area contributed by atoms with Crippen molar-refractivity contribution in [2.75, 3.05) is 40.3 Å². The Hall–Kier alpha value is -2.57. The summed E-state index contributed by atoms with van der Waals surface area (Å²) in [6.45, 7) is 8.46. The summed E-state index contributed by atoms with van der Waals surface area (Å²) >= 11 is 0. The quantitative estimate of drug-likeness (QED) is 0.421. The van der Waals surface area contributed by atoms with Gasteiger partial charge in [-0.3, -0.25) is 39.6 Å². The number of nitrogens with one attached hydrogen (secondary N) is 3. The van der Waals surface area contributed by atoms with E-state index in [0.29, 0.717) is 44.8 Å². The highest BCUT2D eigenvalue weighted by Gasteiger charge is 2.41. The molecule has 0 aromatic carbocycles. The van der Waals surface area contributed by atoms with Crippen molar-refractivity contribution in [2.24, 2.45) is 0 Å². The molecule has 35 heavy (non-hydrogen) atoms. The van der Waals surface area contributed by atoms with Gasteiger partial charge in [0.1, 0.15) is 5.60 Å². The lowest BCUT2D eigenvalue weighted by molar-refractivity contribution is -0.140. The zero-order valence-corrected chi connectivity index (χ0v) is 21.3. The first-order valence-corrected chi connectivity index (χ1v) is 12.2. The summed E-state index contributed by atoms with van der Waals surface area (Å²) in [5.41, 5.74) is -0.502. The van der Waals surface area contributed by atoms with Crippen LogP contribution in [0.5, 0.6) is 0 Å². The number of carbonyl (C=O) groups is 5. The minimum atomic E-state index is -0.502. The summed E-state index contributed by atoms with van der Waals surface area (Å²) in [5, 5.41) is 7.89. The second kappa shape index (κ2) is 11.0. The van der Waals surface area contributed by atoms with E-state index in [4.69, 9.17) is 4.74 Å². The Balaban J connectivity index is 0.000000211. The van der Waals surface area contributed by atoms with Crippen LogP contribution in [-0.2, 0) is 23.9 Å². The van der Waals surface area contributed by atoms with Gasteiger partial charge in [-0.1, -0.05) is 0 Å². The molecule has 4 heterocycles. The first-order chi connectivity index (χ1) is 16.4. The normalized spacial score (nSPS) is 25.9. The first kappa shape index (κ1) is 27.0. The van der Waals surface area contributed by atoms with E-state index in [-0.39, 0.29) is 47.8 Å². The Morgan fingerprint density at radius 3 is 1.69 bits per heavy atom. The van der Waals surface area contributed by atoms with Crippen molar-refractivity contribution >= 4 is 29.7 Å². The molecule has 2 atom stereocenters. The molecule has 0 radical (unpaired) electrons. The van der Waals surface area contributed by atoms with E-state index in [1.54, 1.807) is 4.90 Å². The van der Waals surface area contributed by atoms with Gasteiger partial charge in [-0.15, -0.1) is 0 Å². The standard InChI is InChI=1S/C14H23N3O4.C9H15N3O2/c1-14(2,3)21-13(20)17-7-9(8-17)16(4)10-5-6-11(18)15-12(10)19;1-12(6-4-10-5-6)7-2-3-8(13)11-9(7)14/h9-10H,5-8H2,1-4H3,(H,15,18,19);6-7,10H,2-5H2,1H3,(H,11,13,14). The summed E-state index contributed by atoms with van der Waals surface area (Å²) < 4.78 is 5.29. The molecule has 12 heteroatoms. The van der Waals surface area contributed by atoms with Gasteiger partial charge in [0.2, 0.25) is 23.6 Å². The number of rotatable bonds is 4. The number of hydrogen-bond donors (Lipinski definition) is 3. The van der Waals surface area contributed by atoms with E-state index in [0.717, 1.165) is 13.1 Å². The van der Waals surface area contributed by atoms with Crippen LogP contribution < -0.4 is 16.0 Å². The molecular weight excluding hydrogens is 456 g/mol. The topological polar surface area (TPSA) is 140 Å². The highest BCUT2D eigenvalue weighted by Crippen LogP contribution is 2.22. The van der Waals surface area contributed by atoms with Gasteiger partial charge < -0.3 is 15.0 Å². The molecule has 4 aliphatic rings. The fraction of sp³-hybridized carbons (Fsp3) is 0.783. The summed E-state index contributed by atoms with van der Waals surface area (Å²) in [4.78, 5) is 62.9. The number of hydrogen-bond acceptors (Lipinski definition) is 9. The van der Waals surface area contributed by atoms with Crippen LogP contribution >= 0.6 is 0 Å². The number of piperidine rings is 2. The maximum Gasteiger partial charge on any atom is 0.410 e. The molecule has 196 valence electrons. The SMILES string of the molecule is CN(C1CN(C(=O)OC(C)(C)C)C1)C1CCC(=O)NC1=O.CN(C1CNC1)C1CCC(=O)NC1=O. The van der Waals surface area contributed by atoms with Crippen LogP contribution in [0.4, 0.5) is 4.79 Å². The van der Waals surface area contributed by atoms with Gasteiger partial charge in [-0.05, 0) is 47.7 Å². The molecule has 4 saturated heterocycles. The third-order valence-corrected chi connectivity index (χ3v) is 6.83. The van der Waals surface area contributed by atoms with Crippen molar-refractivity contribution < 1.29 is 28.7 Å². The van der Waals surface area contributed by atoms with Crippen molar-refractivity contribution in [1.82, 2.24) is 30.7 Å². The maximum absolute atomic E-state index is 11.9. The number of ether oxygens (including phenoxy) is 1. The molecule has 0 aliphatic carbocycles. The summed E-state index contributed by atoms with van der Waals surface area (Å²) in [6, 6.07) is 0.147. The predicted octanol–water partition coefficient (Wildman–Crippen LogP) is -0.962. The van der Waals surface area contributed by atoms with E-state index >= 15 is 0 Å². The summed E-state index contributed by atoms with van der Waals surface area (Å²) in [7, 11) is 3.81. The van der Waals surface area contributed by atoms with Gasteiger partial charge in [0.05, 0.1) is 12.1 Å². The van der Waals surface area contributed by atoms with Gasteiger partial charge in [-0.2, -0.15) is 0 Å². The van der Waals surface area contributed by atoms with Gasteiger partial charge in [0, 0.05) is 51.1 Å². The number of likely N-dealkylation sites (tertiary alicyclic amines) is 1. The van der Waals surface area contributed by atoms with Crippen LogP contribution in [0.2, 0.25) is 0 Å². The average Bonchev–Trinajstić information content (AvgIpc) is 2.64. The number of amides is 5. The second-order valence-corrected chi connectivity index (χ2v) is 10.6. The molecule has 0 spiro atoms. The highest BCUT2D eigenvalue weighted by atomic mass is 16.6. The first-order valence-electron chi connectivity index (χ1n) is 12.2. The average molecular weight is 495 g/mol. The van der Waals surface area contributed by atoms with Gasteiger partial charge >= 0.3 is 6.09 Å². The molecular formula is C23H38N6O6. The second-order valence-electron chi connectivity index (χ2n) is 10.6. The largest absolute Gasteiger partial charge is 0.444 e. The van der Waals surface area contributed by atoms with Gasteiger partial charge in [0.25, 0.3) is 0 Å². The molecule has 12 nitrogen and oxygen atoms in total. The van der Waals surface area contributed by atoms with E-state index in [1.165, 1.54) is 0 Å². The van der Waals surface area contributed by atoms with E-state index in [1.807, 2.05) is 39.8 Å². The minimum absolute atomic E-state index is 0.125. The number of imide groups is 2. The maximum atomic E-state index is 11.9. The third-order valence-electron chi connectivity index (χ3n) is 6.83. The zero-order chi connectivity index (χ0) is 25.9. The van der Waals surface area contributed by atoms with Crippen LogP contribution in [0.25, 0.3) is 0 Å².